The second kappa shape index (κ2) is 9.16. The standard InChI is InChI=1S/C27H22FN3O2S/c1-27(2,3)22-10-7-17(14-23(22)28)34-31-24-11-6-16(15-29)13-21(24)18-8-9-20(26(32)33)25-19(18)5-4-12-30-25/h4-14,31H,1-3H3,(H,32,33). The lowest BCUT2D eigenvalue weighted by molar-refractivity contribution is 0.0699. The van der Waals surface area contributed by atoms with Crippen LogP contribution in [0.15, 0.2) is 71.8 Å². The number of nitrogens with zero attached hydrogens (tertiary/aromatic N) is 2. The van der Waals surface area contributed by atoms with E-state index in [9.17, 15) is 19.6 Å². The first kappa shape index (κ1) is 23.3. The Morgan fingerprint density at radius 1 is 1.09 bits per heavy atom. The van der Waals surface area contributed by atoms with E-state index in [0.29, 0.717) is 38.2 Å². The molecule has 0 saturated carbocycles. The lowest BCUT2D eigenvalue weighted by atomic mass is 9.87. The topological polar surface area (TPSA) is 86.0 Å². The molecule has 1 heterocycles. The van der Waals surface area contributed by atoms with Crippen molar-refractivity contribution >= 4 is 34.5 Å². The molecule has 34 heavy (non-hydrogen) atoms. The number of nitrogens with one attached hydrogen (secondary N) is 1. The quantitative estimate of drug-likeness (QED) is 0.304. The minimum absolute atomic E-state index is 0.106. The monoisotopic (exact) mass is 471 g/mol. The van der Waals surface area contributed by atoms with E-state index in [1.165, 1.54) is 24.1 Å². The fraction of sp³-hybridized carbons (Fsp3) is 0.148. The van der Waals surface area contributed by atoms with Crippen molar-refractivity contribution in [3.05, 3.63) is 89.4 Å². The smallest absolute Gasteiger partial charge is 0.337 e. The number of halogens is 1. The number of carbonyl (C=O) groups is 1. The molecule has 0 bridgehead atoms. The summed E-state index contributed by atoms with van der Waals surface area (Å²) in [5.41, 5.74) is 3.45. The zero-order valence-corrected chi connectivity index (χ0v) is 19.7. The summed E-state index contributed by atoms with van der Waals surface area (Å²) >= 11 is 1.26. The first-order chi connectivity index (χ1) is 16.2. The molecule has 0 amide bonds. The van der Waals surface area contributed by atoms with Crippen molar-refractivity contribution < 1.29 is 14.3 Å². The molecule has 0 spiro atoms. The van der Waals surface area contributed by atoms with Crippen molar-refractivity contribution in [3.63, 3.8) is 0 Å². The number of hydrogen-bond acceptors (Lipinski definition) is 5. The lowest BCUT2D eigenvalue weighted by Gasteiger charge is -2.20. The molecule has 0 aliphatic carbocycles. The maximum absolute atomic E-state index is 14.7. The Hall–Kier alpha value is -3.89. The van der Waals surface area contributed by atoms with Gasteiger partial charge in [0, 0.05) is 22.0 Å². The van der Waals surface area contributed by atoms with Gasteiger partial charge in [-0.2, -0.15) is 5.26 Å². The Bertz CT molecular complexity index is 1450. The van der Waals surface area contributed by atoms with Crippen LogP contribution in [0.4, 0.5) is 10.1 Å². The van der Waals surface area contributed by atoms with Crippen molar-refractivity contribution in [2.45, 2.75) is 31.1 Å². The molecule has 0 atom stereocenters. The van der Waals surface area contributed by atoms with Gasteiger partial charge in [-0.25, -0.2) is 9.18 Å². The summed E-state index contributed by atoms with van der Waals surface area (Å²) in [6.45, 7) is 5.90. The van der Waals surface area contributed by atoms with Gasteiger partial charge in [0.2, 0.25) is 0 Å². The Morgan fingerprint density at radius 2 is 1.88 bits per heavy atom. The number of rotatable bonds is 5. The highest BCUT2D eigenvalue weighted by atomic mass is 32.2. The molecule has 0 radical (unpaired) electrons. The number of hydrogen-bond donors (Lipinski definition) is 2. The van der Waals surface area contributed by atoms with Gasteiger partial charge in [-0.1, -0.05) is 39.0 Å². The van der Waals surface area contributed by atoms with Crippen molar-refractivity contribution in [3.8, 4) is 17.2 Å². The summed E-state index contributed by atoms with van der Waals surface area (Å²) < 4.78 is 17.9. The van der Waals surface area contributed by atoms with Crippen molar-refractivity contribution in [1.29, 1.82) is 5.26 Å². The van der Waals surface area contributed by atoms with Crippen LogP contribution in [0, 0.1) is 17.1 Å². The second-order valence-electron chi connectivity index (χ2n) is 8.83. The summed E-state index contributed by atoms with van der Waals surface area (Å²) in [5.74, 6) is -1.32. The maximum atomic E-state index is 14.7. The van der Waals surface area contributed by atoms with Crippen molar-refractivity contribution in [2.24, 2.45) is 0 Å². The molecule has 4 aromatic rings. The molecule has 5 nitrogen and oxygen atoms in total. The van der Waals surface area contributed by atoms with E-state index in [0.717, 1.165) is 5.56 Å². The number of aromatic carboxylic acids is 1. The van der Waals surface area contributed by atoms with Crippen LogP contribution in [-0.4, -0.2) is 16.1 Å². The molecule has 170 valence electrons. The van der Waals surface area contributed by atoms with Crippen LogP contribution in [0.25, 0.3) is 22.0 Å². The lowest BCUT2D eigenvalue weighted by Crippen LogP contribution is -2.13. The van der Waals surface area contributed by atoms with Gasteiger partial charge in [-0.15, -0.1) is 0 Å². The highest BCUT2D eigenvalue weighted by Gasteiger charge is 2.19. The maximum Gasteiger partial charge on any atom is 0.337 e. The summed E-state index contributed by atoms with van der Waals surface area (Å²) in [6, 6.07) is 19.3. The molecule has 3 aromatic carbocycles. The van der Waals surface area contributed by atoms with Gasteiger partial charge in [0.15, 0.2) is 0 Å². The number of carboxylic acids is 1. The molecule has 2 N–H and O–H groups in total. The minimum atomic E-state index is -1.06. The SMILES string of the molecule is CC(C)(C)c1ccc(SNc2ccc(C#N)cc2-c2ccc(C(=O)O)c3ncccc23)cc1F. The third-order valence-electron chi connectivity index (χ3n) is 5.47. The molecule has 0 unspecified atom stereocenters. The summed E-state index contributed by atoms with van der Waals surface area (Å²) in [5, 5.41) is 19.7. The zero-order chi connectivity index (χ0) is 24.5. The van der Waals surface area contributed by atoms with E-state index in [1.807, 2.05) is 26.8 Å². The van der Waals surface area contributed by atoms with Crippen LogP contribution in [0.5, 0.6) is 0 Å². The predicted molar refractivity (Wildman–Crippen MR) is 133 cm³/mol. The van der Waals surface area contributed by atoms with Gasteiger partial charge in [0.1, 0.15) is 5.82 Å². The highest BCUT2D eigenvalue weighted by Crippen LogP contribution is 2.37. The number of nitriles is 1. The van der Waals surface area contributed by atoms with Crippen molar-refractivity contribution in [1.82, 2.24) is 4.98 Å². The Morgan fingerprint density at radius 3 is 2.56 bits per heavy atom. The number of fused-ring (bicyclic) bond motifs is 1. The molecular formula is C27H22FN3O2S. The third-order valence-corrected chi connectivity index (χ3v) is 6.28. The van der Waals surface area contributed by atoms with E-state index in [-0.39, 0.29) is 16.8 Å². The van der Waals surface area contributed by atoms with Gasteiger partial charge in [-0.3, -0.25) is 4.98 Å². The first-order valence-corrected chi connectivity index (χ1v) is 11.4. The number of pyridine rings is 1. The second-order valence-corrected chi connectivity index (χ2v) is 9.71. The van der Waals surface area contributed by atoms with E-state index < -0.39 is 5.97 Å². The van der Waals surface area contributed by atoms with Gasteiger partial charge in [-0.05, 0) is 71.0 Å². The fourth-order valence-corrected chi connectivity index (χ4v) is 4.49. The summed E-state index contributed by atoms with van der Waals surface area (Å²) in [7, 11) is 0. The van der Waals surface area contributed by atoms with Crippen LogP contribution < -0.4 is 4.72 Å². The van der Waals surface area contributed by atoms with Gasteiger partial charge >= 0.3 is 5.97 Å². The molecule has 7 heteroatoms. The third kappa shape index (κ3) is 4.59. The average molecular weight is 472 g/mol. The number of anilines is 1. The molecule has 0 aliphatic rings. The number of carboxylic acid groups (broad SMARTS) is 1. The highest BCUT2D eigenvalue weighted by molar-refractivity contribution is 8.00. The summed E-state index contributed by atoms with van der Waals surface area (Å²) in [4.78, 5) is 16.7. The van der Waals surface area contributed by atoms with Crippen molar-refractivity contribution in [2.75, 3.05) is 4.72 Å². The van der Waals surface area contributed by atoms with E-state index >= 15 is 0 Å². The van der Waals surface area contributed by atoms with Crippen LogP contribution in [0.1, 0.15) is 42.3 Å². The Kier molecular flexibility index (Phi) is 6.27. The van der Waals surface area contributed by atoms with E-state index in [1.54, 1.807) is 48.7 Å². The molecule has 1 aromatic heterocycles. The number of benzene rings is 3. The summed E-state index contributed by atoms with van der Waals surface area (Å²) in [6.07, 6.45) is 1.55. The first-order valence-electron chi connectivity index (χ1n) is 10.6. The van der Waals surface area contributed by atoms with E-state index in [4.69, 9.17) is 0 Å². The normalized spacial score (nSPS) is 11.3. The molecular weight excluding hydrogens is 449 g/mol. The fourth-order valence-electron chi connectivity index (χ4n) is 3.79. The van der Waals surface area contributed by atoms with E-state index in [2.05, 4.69) is 15.8 Å². The molecule has 0 fully saturated rings. The molecule has 0 saturated heterocycles. The Balaban J connectivity index is 1.76. The van der Waals surface area contributed by atoms with Crippen LogP contribution in [0.3, 0.4) is 0 Å². The van der Waals surface area contributed by atoms with Crippen LogP contribution in [0.2, 0.25) is 0 Å². The van der Waals surface area contributed by atoms with Gasteiger partial charge < -0.3 is 9.83 Å². The van der Waals surface area contributed by atoms with Crippen LogP contribution >= 0.6 is 11.9 Å². The predicted octanol–water partition coefficient (Wildman–Crippen LogP) is 7.03. The number of aromatic nitrogens is 1. The van der Waals surface area contributed by atoms with Crippen LogP contribution in [-0.2, 0) is 5.41 Å². The molecule has 0 aliphatic heterocycles. The zero-order valence-electron chi connectivity index (χ0n) is 18.9. The largest absolute Gasteiger partial charge is 0.478 e. The van der Waals surface area contributed by atoms with Gasteiger partial charge in [0.05, 0.1) is 28.4 Å². The Labute approximate surface area is 201 Å². The average Bonchev–Trinajstić information content (AvgIpc) is 2.81. The van der Waals surface area contributed by atoms with Gasteiger partial charge in [0.25, 0.3) is 0 Å². The molecule has 4 rings (SSSR count). The minimum Gasteiger partial charge on any atom is -0.478 e.